The highest BCUT2D eigenvalue weighted by Gasteiger charge is 2.30. The minimum Gasteiger partial charge on any atom is -0.479 e. The molecule has 1 unspecified atom stereocenters. The van der Waals surface area contributed by atoms with Crippen LogP contribution in [-0.4, -0.2) is 46.8 Å². The summed E-state index contributed by atoms with van der Waals surface area (Å²) in [5, 5.41) is 19.9. The lowest BCUT2D eigenvalue weighted by atomic mass is 10.2. The number of rotatable bonds is 3. The standard InChI is InChI=1S/C11H13N3O5/c1-7-2-3-8(14(17)18)10(12-7)13-4-5-19-9(6-13)11(15)16/h2-3,9H,4-6H2,1H3,(H,15,16). The molecule has 8 heteroatoms. The Labute approximate surface area is 108 Å². The van der Waals surface area contributed by atoms with E-state index in [2.05, 4.69) is 4.98 Å². The topological polar surface area (TPSA) is 106 Å². The molecule has 0 spiro atoms. The summed E-state index contributed by atoms with van der Waals surface area (Å²) in [5.74, 6) is -0.889. The fourth-order valence-electron chi connectivity index (χ4n) is 1.90. The minimum atomic E-state index is -1.08. The summed E-state index contributed by atoms with van der Waals surface area (Å²) in [7, 11) is 0. The van der Waals surface area contributed by atoms with Crippen LogP contribution in [0, 0.1) is 17.0 Å². The molecule has 1 aliphatic rings. The van der Waals surface area contributed by atoms with Gasteiger partial charge in [0, 0.05) is 18.3 Å². The lowest BCUT2D eigenvalue weighted by molar-refractivity contribution is -0.384. The second kappa shape index (κ2) is 5.19. The molecule has 0 bridgehead atoms. The van der Waals surface area contributed by atoms with Crippen LogP contribution in [0.5, 0.6) is 0 Å². The molecule has 1 fully saturated rings. The van der Waals surface area contributed by atoms with Crippen LogP contribution in [0.15, 0.2) is 12.1 Å². The Morgan fingerprint density at radius 2 is 2.37 bits per heavy atom. The number of carbonyl (C=O) groups is 1. The maximum Gasteiger partial charge on any atom is 0.334 e. The largest absolute Gasteiger partial charge is 0.479 e. The maximum atomic E-state index is 11.0. The number of nitro groups is 1. The molecule has 1 saturated heterocycles. The Kier molecular flexibility index (Phi) is 3.61. The highest BCUT2D eigenvalue weighted by molar-refractivity contribution is 5.74. The second-order valence-electron chi connectivity index (χ2n) is 4.20. The zero-order valence-electron chi connectivity index (χ0n) is 10.3. The number of nitrogens with zero attached hydrogens (tertiary/aromatic N) is 3. The summed E-state index contributed by atoms with van der Waals surface area (Å²) in [6.45, 7) is 2.35. The average Bonchev–Trinajstić information content (AvgIpc) is 2.38. The van der Waals surface area contributed by atoms with E-state index in [0.29, 0.717) is 12.2 Å². The number of carboxylic acids is 1. The van der Waals surface area contributed by atoms with Crippen LogP contribution in [0.2, 0.25) is 0 Å². The fraction of sp³-hybridized carbons (Fsp3) is 0.455. The van der Waals surface area contributed by atoms with E-state index in [1.807, 2.05) is 0 Å². The quantitative estimate of drug-likeness (QED) is 0.630. The molecule has 1 aromatic heterocycles. The summed E-state index contributed by atoms with van der Waals surface area (Å²) in [5.41, 5.74) is 0.510. The Morgan fingerprint density at radius 1 is 1.63 bits per heavy atom. The van der Waals surface area contributed by atoms with E-state index in [-0.39, 0.29) is 24.7 Å². The predicted molar refractivity (Wildman–Crippen MR) is 65.2 cm³/mol. The van der Waals surface area contributed by atoms with Crippen molar-refractivity contribution in [2.24, 2.45) is 0 Å². The van der Waals surface area contributed by atoms with Gasteiger partial charge in [0.2, 0.25) is 5.82 Å². The maximum absolute atomic E-state index is 11.0. The molecule has 2 rings (SSSR count). The predicted octanol–water partition coefficient (Wildman–Crippen LogP) is 0.588. The molecule has 1 atom stereocenters. The summed E-state index contributed by atoms with van der Waals surface area (Å²) in [6, 6.07) is 2.93. The van der Waals surface area contributed by atoms with Gasteiger partial charge in [0.25, 0.3) is 0 Å². The van der Waals surface area contributed by atoms with Gasteiger partial charge in [-0.1, -0.05) is 0 Å². The van der Waals surface area contributed by atoms with Crippen LogP contribution >= 0.6 is 0 Å². The van der Waals surface area contributed by atoms with Gasteiger partial charge in [-0.05, 0) is 13.0 Å². The zero-order chi connectivity index (χ0) is 14.0. The first-order valence-electron chi connectivity index (χ1n) is 5.70. The van der Waals surface area contributed by atoms with Crippen LogP contribution < -0.4 is 4.90 Å². The van der Waals surface area contributed by atoms with Crippen LogP contribution in [0.25, 0.3) is 0 Å². The number of hydrogen-bond acceptors (Lipinski definition) is 6. The number of aryl methyl sites for hydroxylation is 1. The molecule has 1 aromatic rings. The number of pyridine rings is 1. The van der Waals surface area contributed by atoms with Gasteiger partial charge < -0.3 is 14.7 Å². The molecule has 0 saturated carbocycles. The van der Waals surface area contributed by atoms with Gasteiger partial charge in [0.1, 0.15) is 0 Å². The van der Waals surface area contributed by atoms with Crippen molar-refractivity contribution < 1.29 is 19.6 Å². The van der Waals surface area contributed by atoms with Crippen molar-refractivity contribution in [3.8, 4) is 0 Å². The van der Waals surface area contributed by atoms with Crippen molar-refractivity contribution in [2.45, 2.75) is 13.0 Å². The van der Waals surface area contributed by atoms with Gasteiger partial charge >= 0.3 is 11.7 Å². The zero-order valence-corrected chi connectivity index (χ0v) is 10.3. The third-order valence-corrected chi connectivity index (χ3v) is 2.83. The van der Waals surface area contributed by atoms with Crippen molar-refractivity contribution in [2.75, 3.05) is 24.6 Å². The van der Waals surface area contributed by atoms with Gasteiger partial charge in [0.15, 0.2) is 6.10 Å². The number of morpholine rings is 1. The normalized spacial score (nSPS) is 19.2. The third kappa shape index (κ3) is 2.79. The molecule has 0 aliphatic carbocycles. The van der Waals surface area contributed by atoms with Crippen molar-refractivity contribution in [3.63, 3.8) is 0 Å². The first-order valence-corrected chi connectivity index (χ1v) is 5.70. The van der Waals surface area contributed by atoms with E-state index in [4.69, 9.17) is 9.84 Å². The number of hydrogen-bond donors (Lipinski definition) is 1. The Morgan fingerprint density at radius 3 is 3.00 bits per heavy atom. The smallest absolute Gasteiger partial charge is 0.334 e. The van der Waals surface area contributed by atoms with Gasteiger partial charge in [-0.15, -0.1) is 0 Å². The number of ether oxygens (including phenoxy) is 1. The molecule has 2 heterocycles. The van der Waals surface area contributed by atoms with Crippen LogP contribution in [0.1, 0.15) is 5.69 Å². The van der Waals surface area contributed by atoms with E-state index in [0.717, 1.165) is 0 Å². The van der Waals surface area contributed by atoms with Crippen molar-refractivity contribution in [3.05, 3.63) is 27.9 Å². The molecule has 0 radical (unpaired) electrons. The molecule has 102 valence electrons. The summed E-state index contributed by atoms with van der Waals surface area (Å²) in [4.78, 5) is 27.1. The Bertz CT molecular complexity index is 519. The summed E-state index contributed by atoms with van der Waals surface area (Å²) in [6.07, 6.45) is -0.990. The molecule has 0 amide bonds. The third-order valence-electron chi connectivity index (χ3n) is 2.83. The highest BCUT2D eigenvalue weighted by atomic mass is 16.6. The lowest BCUT2D eigenvalue weighted by Crippen LogP contribution is -2.46. The van der Waals surface area contributed by atoms with Crippen molar-refractivity contribution >= 4 is 17.5 Å². The van der Waals surface area contributed by atoms with E-state index in [1.54, 1.807) is 17.9 Å². The summed E-state index contributed by atoms with van der Waals surface area (Å²) < 4.78 is 5.08. The van der Waals surface area contributed by atoms with Gasteiger partial charge in [-0.3, -0.25) is 10.1 Å². The van der Waals surface area contributed by atoms with Crippen molar-refractivity contribution in [1.82, 2.24) is 4.98 Å². The monoisotopic (exact) mass is 267 g/mol. The van der Waals surface area contributed by atoms with Crippen LogP contribution in [0.4, 0.5) is 11.5 Å². The molecule has 19 heavy (non-hydrogen) atoms. The van der Waals surface area contributed by atoms with Gasteiger partial charge in [0.05, 0.1) is 18.1 Å². The molecular weight excluding hydrogens is 254 g/mol. The number of aliphatic carboxylic acids is 1. The second-order valence-corrected chi connectivity index (χ2v) is 4.20. The number of aromatic nitrogens is 1. The van der Waals surface area contributed by atoms with Gasteiger partial charge in [-0.2, -0.15) is 0 Å². The van der Waals surface area contributed by atoms with E-state index in [9.17, 15) is 14.9 Å². The minimum absolute atomic E-state index is 0.0482. The SMILES string of the molecule is Cc1ccc([N+](=O)[O-])c(N2CCOC(C(=O)O)C2)n1. The first kappa shape index (κ1) is 13.2. The van der Waals surface area contributed by atoms with Gasteiger partial charge in [-0.25, -0.2) is 9.78 Å². The van der Waals surface area contributed by atoms with Crippen LogP contribution in [0.3, 0.4) is 0 Å². The van der Waals surface area contributed by atoms with E-state index in [1.165, 1.54) is 6.07 Å². The van der Waals surface area contributed by atoms with Crippen molar-refractivity contribution in [1.29, 1.82) is 0 Å². The van der Waals surface area contributed by atoms with E-state index < -0.39 is 17.0 Å². The first-order chi connectivity index (χ1) is 8.99. The average molecular weight is 267 g/mol. The molecule has 1 N–H and O–H groups in total. The molecule has 1 aliphatic heterocycles. The number of anilines is 1. The summed E-state index contributed by atoms with van der Waals surface area (Å²) >= 11 is 0. The van der Waals surface area contributed by atoms with E-state index >= 15 is 0 Å². The number of carboxylic acid groups (broad SMARTS) is 1. The molecule has 0 aromatic carbocycles. The fourth-order valence-corrected chi connectivity index (χ4v) is 1.90. The lowest BCUT2D eigenvalue weighted by Gasteiger charge is -2.31. The molecule has 8 nitrogen and oxygen atoms in total. The Balaban J connectivity index is 2.32. The Hall–Kier alpha value is -2.22. The van der Waals surface area contributed by atoms with Crippen LogP contribution in [-0.2, 0) is 9.53 Å². The highest BCUT2D eigenvalue weighted by Crippen LogP contribution is 2.27. The molecular formula is C11H13N3O5.